The number of carbonyl (C=O) groups excluding carboxylic acids is 1. The number of imidazole rings is 1. The van der Waals surface area contributed by atoms with E-state index < -0.39 is 11.7 Å². The van der Waals surface area contributed by atoms with Crippen LogP contribution in [0.4, 0.5) is 16.2 Å². The summed E-state index contributed by atoms with van der Waals surface area (Å²) < 4.78 is 8.07. The third-order valence-electron chi connectivity index (χ3n) is 6.59. The van der Waals surface area contributed by atoms with E-state index in [2.05, 4.69) is 21.3 Å². The summed E-state index contributed by atoms with van der Waals surface area (Å²) in [5, 5.41) is 10.2. The van der Waals surface area contributed by atoms with Crippen molar-refractivity contribution >= 4 is 28.5 Å². The first-order chi connectivity index (χ1) is 14.9. The molecule has 2 aliphatic rings. The van der Waals surface area contributed by atoms with Gasteiger partial charge in [-0.2, -0.15) is 0 Å². The van der Waals surface area contributed by atoms with Crippen molar-refractivity contribution in [3.05, 3.63) is 60.2 Å². The van der Waals surface area contributed by atoms with E-state index in [1.165, 1.54) is 0 Å². The van der Waals surface area contributed by atoms with Crippen LogP contribution in [0.5, 0.6) is 5.75 Å². The molecule has 1 amide bonds. The molecule has 1 aliphatic carbocycles. The van der Waals surface area contributed by atoms with Gasteiger partial charge in [-0.25, -0.2) is 14.6 Å². The molecule has 31 heavy (non-hydrogen) atoms. The van der Waals surface area contributed by atoms with Gasteiger partial charge in [-0.15, -0.1) is 0 Å². The molecule has 2 heterocycles. The molecule has 0 radical (unpaired) electrons. The van der Waals surface area contributed by atoms with Crippen molar-refractivity contribution in [3.63, 3.8) is 0 Å². The molecule has 1 aliphatic heterocycles. The summed E-state index contributed by atoms with van der Waals surface area (Å²) in [6.45, 7) is 10.7. The minimum absolute atomic E-state index is 0.0792. The van der Waals surface area contributed by atoms with Gasteiger partial charge in [-0.05, 0) is 55.4 Å². The lowest BCUT2D eigenvalue weighted by Gasteiger charge is -2.43. The fourth-order valence-electron chi connectivity index (χ4n) is 5.30. The van der Waals surface area contributed by atoms with Crippen LogP contribution < -0.4 is 4.90 Å². The van der Waals surface area contributed by atoms with Gasteiger partial charge in [0.1, 0.15) is 11.4 Å². The first kappa shape index (κ1) is 19.4. The van der Waals surface area contributed by atoms with Crippen LogP contribution in [-0.2, 0) is 11.3 Å². The van der Waals surface area contributed by atoms with Gasteiger partial charge in [0, 0.05) is 6.54 Å². The van der Waals surface area contributed by atoms with Gasteiger partial charge < -0.3 is 14.4 Å². The summed E-state index contributed by atoms with van der Waals surface area (Å²) >= 11 is 0. The normalized spacial score (nSPS) is 25.7. The zero-order chi connectivity index (χ0) is 21.6. The van der Waals surface area contributed by atoms with E-state index in [4.69, 9.17) is 11.3 Å². The molecule has 1 aromatic heterocycles. The Bertz CT molecular complexity index is 1210. The van der Waals surface area contributed by atoms with Gasteiger partial charge in [0.05, 0.1) is 36.2 Å². The van der Waals surface area contributed by atoms with Crippen molar-refractivity contribution in [1.82, 2.24) is 9.55 Å². The van der Waals surface area contributed by atoms with Crippen LogP contribution in [0.1, 0.15) is 32.6 Å². The quantitative estimate of drug-likeness (QED) is 0.591. The minimum Gasteiger partial charge on any atom is -0.506 e. The molecule has 1 saturated carbocycles. The van der Waals surface area contributed by atoms with E-state index in [9.17, 15) is 9.90 Å². The topological polar surface area (TPSA) is 72.0 Å². The Kier molecular flexibility index (Phi) is 4.40. The number of benzene rings is 2. The van der Waals surface area contributed by atoms with E-state index in [1.807, 2.05) is 18.5 Å². The zero-order valence-corrected chi connectivity index (χ0v) is 17.4. The Morgan fingerprint density at radius 2 is 2.10 bits per heavy atom. The number of phenolic OH excluding ortho intramolecular Hbond substituents is 1. The third kappa shape index (κ3) is 3.38. The van der Waals surface area contributed by atoms with Crippen LogP contribution in [0.2, 0.25) is 0 Å². The van der Waals surface area contributed by atoms with Gasteiger partial charge >= 0.3 is 6.09 Å². The van der Waals surface area contributed by atoms with E-state index in [1.54, 1.807) is 35.2 Å². The number of fused-ring (bicyclic) bond motifs is 1. The standard InChI is InChI=1S/C24H24N4O3/c1-23(14-27-16-26-18-9-8-17(25-2)12-20(18)27)10-5-11-24(13-23)15-28(22(30)31-24)19-6-3-4-7-21(19)29/h3-4,6-9,12,16,29H,5,10-11,13-15H2,1H3/t23-,24?/m0/s1. The predicted molar refractivity (Wildman–Crippen MR) is 117 cm³/mol. The molecular formula is C24H24N4O3. The highest BCUT2D eigenvalue weighted by Crippen LogP contribution is 2.48. The van der Waals surface area contributed by atoms with Crippen LogP contribution in [-0.4, -0.2) is 32.9 Å². The Balaban J connectivity index is 1.41. The average Bonchev–Trinajstić information content (AvgIpc) is 3.27. The Morgan fingerprint density at radius 3 is 2.90 bits per heavy atom. The number of aromatic hydroxyl groups is 1. The fraction of sp³-hybridized carbons (Fsp3) is 0.375. The van der Waals surface area contributed by atoms with E-state index in [0.717, 1.165) is 43.3 Å². The summed E-state index contributed by atoms with van der Waals surface area (Å²) in [6, 6.07) is 12.4. The number of rotatable bonds is 3. The van der Waals surface area contributed by atoms with Gasteiger partial charge in [0.2, 0.25) is 0 Å². The van der Waals surface area contributed by atoms with Gasteiger partial charge in [-0.3, -0.25) is 4.90 Å². The maximum atomic E-state index is 12.7. The van der Waals surface area contributed by atoms with Gasteiger partial charge in [0.25, 0.3) is 0 Å². The van der Waals surface area contributed by atoms with Crippen molar-refractivity contribution < 1.29 is 14.6 Å². The molecule has 2 aromatic carbocycles. The summed E-state index contributed by atoms with van der Waals surface area (Å²) in [7, 11) is 0. The number of anilines is 1. The van der Waals surface area contributed by atoms with Crippen molar-refractivity contribution in [2.75, 3.05) is 11.4 Å². The second-order valence-electron chi connectivity index (χ2n) is 9.12. The fourth-order valence-corrected chi connectivity index (χ4v) is 5.30. The number of ether oxygens (including phenoxy) is 1. The maximum Gasteiger partial charge on any atom is 0.415 e. The number of phenols is 1. The molecule has 7 heteroatoms. The highest BCUT2D eigenvalue weighted by atomic mass is 16.6. The highest BCUT2D eigenvalue weighted by Gasteiger charge is 2.52. The number of aromatic nitrogens is 2. The van der Waals surface area contributed by atoms with Crippen LogP contribution in [0.15, 0.2) is 48.8 Å². The number of amides is 1. The molecule has 158 valence electrons. The van der Waals surface area contributed by atoms with Crippen molar-refractivity contribution in [2.24, 2.45) is 5.41 Å². The van der Waals surface area contributed by atoms with Crippen LogP contribution in [0.25, 0.3) is 15.9 Å². The van der Waals surface area contributed by atoms with Crippen LogP contribution in [0, 0.1) is 12.0 Å². The molecule has 7 nitrogen and oxygen atoms in total. The SMILES string of the molecule is [C-]#[N+]c1ccc2ncn(C[C@@]3(C)CCCC4(CN(c5ccccc5O)C(=O)O4)C3)c2c1. The molecule has 3 aromatic rings. The number of nitrogens with zero attached hydrogens (tertiary/aromatic N) is 4. The largest absolute Gasteiger partial charge is 0.506 e. The van der Waals surface area contributed by atoms with Gasteiger partial charge in [0.15, 0.2) is 5.69 Å². The van der Waals surface area contributed by atoms with E-state index in [-0.39, 0.29) is 11.2 Å². The zero-order valence-electron chi connectivity index (χ0n) is 17.4. The second-order valence-corrected chi connectivity index (χ2v) is 9.12. The lowest BCUT2D eigenvalue weighted by atomic mass is 9.68. The number of hydrogen-bond acceptors (Lipinski definition) is 4. The molecule has 1 unspecified atom stereocenters. The summed E-state index contributed by atoms with van der Waals surface area (Å²) in [6.07, 6.45) is 4.95. The first-order valence-corrected chi connectivity index (χ1v) is 10.5. The van der Waals surface area contributed by atoms with E-state index >= 15 is 0 Å². The van der Waals surface area contributed by atoms with Crippen molar-refractivity contribution in [1.29, 1.82) is 0 Å². The lowest BCUT2D eigenvalue weighted by molar-refractivity contribution is -0.0264. The van der Waals surface area contributed by atoms with E-state index in [0.29, 0.717) is 17.9 Å². The third-order valence-corrected chi connectivity index (χ3v) is 6.59. The Labute approximate surface area is 180 Å². The molecule has 2 atom stereocenters. The predicted octanol–water partition coefficient (Wildman–Crippen LogP) is 5.27. The minimum atomic E-state index is -0.565. The van der Waals surface area contributed by atoms with Crippen LogP contribution >= 0.6 is 0 Å². The smallest absolute Gasteiger partial charge is 0.415 e. The molecule has 5 rings (SSSR count). The van der Waals surface area contributed by atoms with Crippen LogP contribution in [0.3, 0.4) is 0 Å². The second kappa shape index (κ2) is 7.02. The number of para-hydroxylation sites is 2. The summed E-state index contributed by atoms with van der Waals surface area (Å²) in [4.78, 5) is 22.3. The summed E-state index contributed by atoms with van der Waals surface area (Å²) in [5.74, 6) is 0.0792. The number of hydrogen-bond donors (Lipinski definition) is 1. The molecule has 1 spiro atoms. The highest BCUT2D eigenvalue weighted by molar-refractivity contribution is 5.92. The Morgan fingerprint density at radius 1 is 1.26 bits per heavy atom. The number of carbonyl (C=O) groups is 1. The first-order valence-electron chi connectivity index (χ1n) is 10.5. The molecule has 1 saturated heterocycles. The lowest BCUT2D eigenvalue weighted by Crippen LogP contribution is -2.45. The molecule has 2 fully saturated rings. The molecule has 1 N–H and O–H groups in total. The maximum absolute atomic E-state index is 12.7. The van der Waals surface area contributed by atoms with Crippen molar-refractivity contribution in [2.45, 2.75) is 44.8 Å². The molecule has 0 bridgehead atoms. The Hall–Kier alpha value is -3.53. The summed E-state index contributed by atoms with van der Waals surface area (Å²) in [5.41, 5.74) is 2.26. The monoisotopic (exact) mass is 416 g/mol. The average molecular weight is 416 g/mol. The molecular weight excluding hydrogens is 392 g/mol. The van der Waals surface area contributed by atoms with Crippen molar-refractivity contribution in [3.8, 4) is 5.75 Å². The van der Waals surface area contributed by atoms with Gasteiger partial charge in [-0.1, -0.05) is 25.1 Å².